The largest absolute Gasteiger partial charge is 0.352 e. The molecule has 0 atom stereocenters. The van der Waals surface area contributed by atoms with Gasteiger partial charge in [0.05, 0.1) is 6.33 Å². The summed E-state index contributed by atoms with van der Waals surface area (Å²) in [6.45, 7) is 3.83. The highest BCUT2D eigenvalue weighted by Crippen LogP contribution is 2.09. The number of imidazole rings is 1. The molecule has 2 rings (SSSR count). The minimum absolute atomic E-state index is 0.122. The minimum atomic E-state index is -0.263. The van der Waals surface area contributed by atoms with Crippen molar-refractivity contribution in [2.24, 2.45) is 0 Å². The number of benzene rings is 1. The molecule has 0 spiro atoms. The number of hydrogen-bond donors (Lipinski definition) is 3. The van der Waals surface area contributed by atoms with Crippen LogP contribution in [0.25, 0.3) is 0 Å². The SMILES string of the molecule is CCNC(=O)c1ccc(NC(=O)NCCCn2ccnc2)cc1. The fourth-order valence-electron chi connectivity index (χ4n) is 2.03. The number of nitrogens with one attached hydrogen (secondary N) is 3. The zero-order chi connectivity index (χ0) is 16.5. The molecule has 0 radical (unpaired) electrons. The average Bonchev–Trinajstić information content (AvgIpc) is 3.06. The standard InChI is InChI=1S/C16H21N5O2/c1-2-18-15(22)13-4-6-14(7-5-13)20-16(23)19-8-3-10-21-11-9-17-12-21/h4-7,9,11-12H,2-3,8,10H2,1H3,(H,18,22)(H2,19,20,23). The zero-order valence-corrected chi connectivity index (χ0v) is 13.1. The molecule has 7 nitrogen and oxygen atoms in total. The van der Waals surface area contributed by atoms with Crippen LogP contribution in [0.15, 0.2) is 43.0 Å². The van der Waals surface area contributed by atoms with Crippen molar-refractivity contribution < 1.29 is 9.59 Å². The molecule has 2 aromatic rings. The third-order valence-electron chi connectivity index (χ3n) is 3.18. The third-order valence-corrected chi connectivity index (χ3v) is 3.18. The summed E-state index contributed by atoms with van der Waals surface area (Å²) in [5.74, 6) is -0.122. The van der Waals surface area contributed by atoms with Crippen LogP contribution in [0.5, 0.6) is 0 Å². The molecule has 0 saturated heterocycles. The molecule has 3 amide bonds. The van der Waals surface area contributed by atoms with E-state index in [0.717, 1.165) is 13.0 Å². The van der Waals surface area contributed by atoms with Gasteiger partial charge in [-0.3, -0.25) is 4.79 Å². The molecule has 0 aliphatic rings. The summed E-state index contributed by atoms with van der Waals surface area (Å²) in [6.07, 6.45) is 6.18. The van der Waals surface area contributed by atoms with Gasteiger partial charge in [-0.2, -0.15) is 0 Å². The number of nitrogens with zero attached hydrogens (tertiary/aromatic N) is 2. The van der Waals surface area contributed by atoms with E-state index < -0.39 is 0 Å². The van der Waals surface area contributed by atoms with Crippen LogP contribution in [0.3, 0.4) is 0 Å². The highest BCUT2D eigenvalue weighted by Gasteiger charge is 2.05. The van der Waals surface area contributed by atoms with E-state index in [0.29, 0.717) is 24.3 Å². The minimum Gasteiger partial charge on any atom is -0.352 e. The maximum Gasteiger partial charge on any atom is 0.319 e. The fourth-order valence-corrected chi connectivity index (χ4v) is 2.03. The summed E-state index contributed by atoms with van der Waals surface area (Å²) >= 11 is 0. The maximum atomic E-state index is 11.8. The lowest BCUT2D eigenvalue weighted by atomic mass is 10.2. The lowest BCUT2D eigenvalue weighted by Crippen LogP contribution is -2.30. The summed E-state index contributed by atoms with van der Waals surface area (Å²) in [7, 11) is 0. The molecular weight excluding hydrogens is 294 g/mol. The second-order valence-electron chi connectivity index (χ2n) is 4.97. The van der Waals surface area contributed by atoms with Crippen LogP contribution in [-0.4, -0.2) is 34.6 Å². The van der Waals surface area contributed by atoms with Crippen molar-refractivity contribution in [3.8, 4) is 0 Å². The molecular formula is C16H21N5O2. The fraction of sp³-hybridized carbons (Fsp3) is 0.312. The van der Waals surface area contributed by atoms with E-state index >= 15 is 0 Å². The summed E-state index contributed by atoms with van der Waals surface area (Å²) in [5, 5.41) is 8.24. The van der Waals surface area contributed by atoms with Crippen molar-refractivity contribution >= 4 is 17.6 Å². The normalized spacial score (nSPS) is 10.1. The summed E-state index contributed by atoms with van der Waals surface area (Å²) in [5.41, 5.74) is 1.21. The van der Waals surface area contributed by atoms with E-state index in [1.807, 2.05) is 17.7 Å². The lowest BCUT2D eigenvalue weighted by Gasteiger charge is -2.08. The molecule has 1 heterocycles. The Labute approximate surface area is 135 Å². The number of hydrogen-bond acceptors (Lipinski definition) is 3. The van der Waals surface area contributed by atoms with Gasteiger partial charge >= 0.3 is 6.03 Å². The van der Waals surface area contributed by atoms with Crippen molar-refractivity contribution in [2.75, 3.05) is 18.4 Å². The van der Waals surface area contributed by atoms with Gasteiger partial charge in [-0.25, -0.2) is 9.78 Å². The van der Waals surface area contributed by atoms with Crippen LogP contribution in [0, 0.1) is 0 Å². The quantitative estimate of drug-likeness (QED) is 0.681. The predicted molar refractivity (Wildman–Crippen MR) is 88.3 cm³/mol. The Balaban J connectivity index is 1.71. The van der Waals surface area contributed by atoms with E-state index in [1.54, 1.807) is 36.8 Å². The van der Waals surface area contributed by atoms with Crippen molar-refractivity contribution in [1.29, 1.82) is 0 Å². The van der Waals surface area contributed by atoms with Crippen LogP contribution in [0.2, 0.25) is 0 Å². The Kier molecular flexibility index (Phi) is 6.17. The molecule has 0 unspecified atom stereocenters. The molecule has 0 bridgehead atoms. The Morgan fingerprint density at radius 3 is 2.61 bits per heavy atom. The second kappa shape index (κ2) is 8.57. The smallest absolute Gasteiger partial charge is 0.319 e. The number of anilines is 1. The molecule has 1 aromatic carbocycles. The molecule has 1 aromatic heterocycles. The van der Waals surface area contributed by atoms with Gasteiger partial charge in [0, 0.05) is 43.3 Å². The van der Waals surface area contributed by atoms with E-state index in [2.05, 4.69) is 20.9 Å². The van der Waals surface area contributed by atoms with Crippen LogP contribution in [0.1, 0.15) is 23.7 Å². The monoisotopic (exact) mass is 315 g/mol. The third kappa shape index (κ3) is 5.46. The van der Waals surface area contributed by atoms with Gasteiger partial charge in [-0.1, -0.05) is 0 Å². The molecule has 7 heteroatoms. The topological polar surface area (TPSA) is 88.0 Å². The summed E-state index contributed by atoms with van der Waals surface area (Å²) in [4.78, 5) is 27.4. The zero-order valence-electron chi connectivity index (χ0n) is 13.1. The van der Waals surface area contributed by atoms with E-state index in [9.17, 15) is 9.59 Å². The Morgan fingerprint density at radius 2 is 1.96 bits per heavy atom. The number of aromatic nitrogens is 2. The van der Waals surface area contributed by atoms with E-state index in [-0.39, 0.29) is 11.9 Å². The molecule has 3 N–H and O–H groups in total. The van der Waals surface area contributed by atoms with Crippen molar-refractivity contribution in [1.82, 2.24) is 20.2 Å². The van der Waals surface area contributed by atoms with Gasteiger partial charge in [-0.15, -0.1) is 0 Å². The highest BCUT2D eigenvalue weighted by atomic mass is 16.2. The lowest BCUT2D eigenvalue weighted by molar-refractivity contribution is 0.0956. The van der Waals surface area contributed by atoms with Gasteiger partial charge in [0.2, 0.25) is 0 Å². The number of rotatable bonds is 7. The Hall–Kier alpha value is -2.83. The first-order valence-electron chi connectivity index (χ1n) is 7.58. The van der Waals surface area contributed by atoms with Gasteiger partial charge in [0.25, 0.3) is 5.91 Å². The second-order valence-corrected chi connectivity index (χ2v) is 4.97. The van der Waals surface area contributed by atoms with Crippen molar-refractivity contribution in [2.45, 2.75) is 19.9 Å². The van der Waals surface area contributed by atoms with Gasteiger partial charge in [-0.05, 0) is 37.6 Å². The number of carbonyl (C=O) groups is 2. The molecule has 0 saturated carbocycles. The van der Waals surface area contributed by atoms with Crippen molar-refractivity contribution in [3.63, 3.8) is 0 Å². The molecule has 23 heavy (non-hydrogen) atoms. The number of amides is 3. The van der Waals surface area contributed by atoms with Crippen LogP contribution < -0.4 is 16.0 Å². The van der Waals surface area contributed by atoms with Crippen molar-refractivity contribution in [3.05, 3.63) is 48.5 Å². The van der Waals surface area contributed by atoms with Gasteiger partial charge in [0.15, 0.2) is 0 Å². The Bertz CT molecular complexity index is 622. The first-order chi connectivity index (χ1) is 11.2. The molecule has 0 aliphatic heterocycles. The van der Waals surface area contributed by atoms with E-state index in [1.165, 1.54) is 0 Å². The number of carbonyl (C=O) groups excluding carboxylic acids is 2. The van der Waals surface area contributed by atoms with Crippen LogP contribution in [0.4, 0.5) is 10.5 Å². The summed E-state index contributed by atoms with van der Waals surface area (Å²) in [6, 6.07) is 6.51. The molecule has 0 fully saturated rings. The Morgan fingerprint density at radius 1 is 1.17 bits per heavy atom. The van der Waals surface area contributed by atoms with Gasteiger partial charge in [0.1, 0.15) is 0 Å². The van der Waals surface area contributed by atoms with Gasteiger partial charge < -0.3 is 20.5 Å². The van der Waals surface area contributed by atoms with Crippen LogP contribution in [-0.2, 0) is 6.54 Å². The predicted octanol–water partition coefficient (Wildman–Crippen LogP) is 1.84. The molecule has 0 aliphatic carbocycles. The van der Waals surface area contributed by atoms with Crippen LogP contribution >= 0.6 is 0 Å². The number of aryl methyl sites for hydroxylation is 1. The summed E-state index contributed by atoms with van der Waals surface area (Å²) < 4.78 is 1.96. The maximum absolute atomic E-state index is 11.8. The highest BCUT2D eigenvalue weighted by molar-refractivity contribution is 5.95. The van der Waals surface area contributed by atoms with E-state index in [4.69, 9.17) is 0 Å². The molecule has 122 valence electrons. The number of urea groups is 1. The first kappa shape index (κ1) is 16.5. The first-order valence-corrected chi connectivity index (χ1v) is 7.58. The average molecular weight is 315 g/mol.